The Morgan fingerprint density at radius 2 is 1.15 bits per heavy atom. The predicted octanol–water partition coefficient (Wildman–Crippen LogP) is -1.57. The number of rotatable bonds is 1. The fourth-order valence-electron chi connectivity index (χ4n) is 2.17. The van der Waals surface area contributed by atoms with Crippen molar-refractivity contribution in [3.8, 4) is 0 Å². The summed E-state index contributed by atoms with van der Waals surface area (Å²) in [5.74, 6) is 0. The minimum absolute atomic E-state index is 0. The normalized spacial score (nSPS) is 14.1. The van der Waals surface area contributed by atoms with Gasteiger partial charge in [0.25, 0.3) is 0 Å². The van der Waals surface area contributed by atoms with Crippen LogP contribution in [0, 0.1) is 0 Å². The van der Waals surface area contributed by atoms with Crippen LogP contribution in [-0.2, 0) is 21.7 Å². The maximum absolute atomic E-state index is 3.52. The van der Waals surface area contributed by atoms with Crippen molar-refractivity contribution < 1.29 is 46.5 Å². The first-order valence-corrected chi connectivity index (χ1v) is 9.54. The molecule has 0 spiro atoms. The Hall–Kier alpha value is 0.951. The molecule has 0 saturated carbocycles. The van der Waals surface area contributed by atoms with Crippen molar-refractivity contribution in [2.75, 3.05) is 0 Å². The molecule has 1 nitrogen and oxygen atoms in total. The van der Waals surface area contributed by atoms with Crippen molar-refractivity contribution in [3.05, 3.63) is 22.3 Å². The third kappa shape index (κ3) is 12.7. The molecule has 1 aliphatic rings. The molecule has 0 aliphatic heterocycles. The molecule has 0 radical (unpaired) electrons. The smallest absolute Gasteiger partial charge is 1.00 e. The summed E-state index contributed by atoms with van der Waals surface area (Å²) < 4.78 is 0. The van der Waals surface area contributed by atoms with Crippen LogP contribution in [0.2, 0.25) is 13.1 Å². The Balaban J connectivity index is -0.000000112. The molecule has 0 heterocycles. The molecule has 20 heavy (non-hydrogen) atoms. The molecular formula is C15H31Cl2NSiTi. The van der Waals surface area contributed by atoms with Crippen molar-refractivity contribution in [1.29, 1.82) is 0 Å². The largest absolute Gasteiger partial charge is 2.00 e. The van der Waals surface area contributed by atoms with Gasteiger partial charge in [0, 0.05) is 5.54 Å². The van der Waals surface area contributed by atoms with E-state index in [0.717, 1.165) is 0 Å². The average molecular weight is 372 g/mol. The van der Waals surface area contributed by atoms with Crippen LogP contribution in [0.1, 0.15) is 54.9 Å². The van der Waals surface area contributed by atoms with Gasteiger partial charge in [-0.15, -0.1) is 0 Å². The van der Waals surface area contributed by atoms with Crippen LogP contribution in [0.4, 0.5) is 0 Å². The van der Waals surface area contributed by atoms with E-state index in [1.807, 2.05) is 0 Å². The van der Waals surface area contributed by atoms with Crippen LogP contribution in [-0.4, -0.2) is 14.5 Å². The fraction of sp³-hybridized carbons (Fsp3) is 0.733. The quantitative estimate of drug-likeness (QED) is 0.549. The summed E-state index contributed by atoms with van der Waals surface area (Å²) in [7, 11) is -0.546. The van der Waals surface area contributed by atoms with Gasteiger partial charge in [0.05, 0.1) is 0 Å². The number of nitrogens with one attached hydrogen (secondary N) is 1. The maximum Gasteiger partial charge on any atom is 2.00 e. The van der Waals surface area contributed by atoms with Gasteiger partial charge >= 0.3 is 21.7 Å². The molecule has 0 aromatic heterocycles. The molecule has 0 fully saturated rings. The zero-order valence-corrected chi connectivity index (χ0v) is 18.8. The van der Waals surface area contributed by atoms with Gasteiger partial charge in [-0.05, 0) is 66.0 Å². The molecule has 118 valence electrons. The second-order valence-electron chi connectivity index (χ2n) is 6.54. The maximum atomic E-state index is 3.52. The minimum Gasteiger partial charge on any atom is -1.00 e. The van der Waals surface area contributed by atoms with E-state index in [-0.39, 0.29) is 46.5 Å². The van der Waals surface area contributed by atoms with E-state index in [1.54, 1.807) is 11.1 Å². The number of allylic oxidation sites excluding steroid dienone is 4. The van der Waals surface area contributed by atoms with E-state index < -0.39 is 8.96 Å². The standard InChI is InChI=1S/C9H14.C6H17NSi.2ClH.Ti/c1-6-5-7(2)9(4)8(6)3;1-6(2,3)7-8(4)5;;;/h5H2,1-4H3;7-8H,1-5H3;2*1H;/q;;;;+2/p-2. The molecule has 0 bridgehead atoms. The molecule has 5 heteroatoms. The molecule has 1 aliphatic carbocycles. The van der Waals surface area contributed by atoms with Crippen LogP contribution in [0.3, 0.4) is 0 Å². The summed E-state index contributed by atoms with van der Waals surface area (Å²) in [6, 6.07) is 0. The predicted molar refractivity (Wildman–Crippen MR) is 83.1 cm³/mol. The Labute approximate surface area is 155 Å². The zero-order valence-electron chi connectivity index (χ0n) is 14.5. The molecule has 0 amide bonds. The third-order valence-electron chi connectivity index (χ3n) is 3.09. The van der Waals surface area contributed by atoms with Crippen LogP contribution >= 0.6 is 0 Å². The summed E-state index contributed by atoms with van der Waals surface area (Å²) in [6.07, 6.45) is 1.21. The Morgan fingerprint density at radius 3 is 1.20 bits per heavy atom. The number of halogens is 2. The van der Waals surface area contributed by atoms with Crippen LogP contribution in [0.25, 0.3) is 0 Å². The van der Waals surface area contributed by atoms with Crippen LogP contribution < -0.4 is 29.8 Å². The summed E-state index contributed by atoms with van der Waals surface area (Å²) in [5, 5.41) is 0. The van der Waals surface area contributed by atoms with Gasteiger partial charge in [-0.3, -0.25) is 0 Å². The summed E-state index contributed by atoms with van der Waals surface area (Å²) in [4.78, 5) is 3.52. The summed E-state index contributed by atoms with van der Waals surface area (Å²) >= 11 is 0. The summed E-state index contributed by atoms with van der Waals surface area (Å²) in [5.41, 5.74) is 6.44. The zero-order chi connectivity index (χ0) is 13.8. The van der Waals surface area contributed by atoms with Crippen molar-refractivity contribution in [2.45, 2.75) is 73.5 Å². The first-order chi connectivity index (χ1) is 7.54. The molecule has 0 aromatic rings. The van der Waals surface area contributed by atoms with Crippen molar-refractivity contribution in [1.82, 2.24) is 4.98 Å². The van der Waals surface area contributed by atoms with Gasteiger partial charge in [-0.2, -0.15) is 0 Å². The minimum atomic E-state index is -0.546. The van der Waals surface area contributed by atoms with Gasteiger partial charge in [-0.1, -0.05) is 24.2 Å². The van der Waals surface area contributed by atoms with E-state index in [1.165, 1.54) is 17.6 Å². The molecule has 0 aromatic carbocycles. The first kappa shape index (κ1) is 29.0. The number of hydrogen-bond acceptors (Lipinski definition) is 1. The second-order valence-corrected chi connectivity index (χ2v) is 9.13. The number of hydrogen-bond donors (Lipinski definition) is 1. The first-order valence-electron chi connectivity index (χ1n) is 6.65. The molecule has 0 saturated heterocycles. The SMILES string of the molecule is CC1=C(C)C(C)=C(C)C1.C[SiH](C)NC(C)(C)C.[Cl-].[Cl-].[Ti+2]. The van der Waals surface area contributed by atoms with E-state index in [0.29, 0.717) is 5.54 Å². The molecule has 1 N–H and O–H groups in total. The summed E-state index contributed by atoms with van der Waals surface area (Å²) in [6.45, 7) is 20.1. The topological polar surface area (TPSA) is 12.0 Å². The van der Waals surface area contributed by atoms with Gasteiger partial charge in [0.1, 0.15) is 8.96 Å². The van der Waals surface area contributed by atoms with Crippen molar-refractivity contribution in [3.63, 3.8) is 0 Å². The van der Waals surface area contributed by atoms with Gasteiger partial charge in [0.15, 0.2) is 0 Å². The average Bonchev–Trinajstić information content (AvgIpc) is 2.30. The van der Waals surface area contributed by atoms with E-state index >= 15 is 0 Å². The third-order valence-corrected chi connectivity index (χ3v) is 4.54. The molecule has 1 rings (SSSR count). The van der Waals surface area contributed by atoms with Crippen molar-refractivity contribution in [2.24, 2.45) is 0 Å². The fourth-order valence-corrected chi connectivity index (χ4v) is 3.90. The van der Waals surface area contributed by atoms with E-state index in [2.05, 4.69) is 66.5 Å². The van der Waals surface area contributed by atoms with Crippen molar-refractivity contribution >= 4 is 8.96 Å². The van der Waals surface area contributed by atoms with E-state index in [9.17, 15) is 0 Å². The molecular weight excluding hydrogens is 341 g/mol. The van der Waals surface area contributed by atoms with Gasteiger partial charge < -0.3 is 29.8 Å². The second kappa shape index (κ2) is 12.5. The Morgan fingerprint density at radius 1 is 0.850 bits per heavy atom. The Kier molecular flexibility index (Phi) is 18.1. The Bertz CT molecular complexity index is 309. The van der Waals surface area contributed by atoms with E-state index in [4.69, 9.17) is 0 Å². The molecule has 0 atom stereocenters. The van der Waals surface area contributed by atoms with Gasteiger partial charge in [0.2, 0.25) is 0 Å². The van der Waals surface area contributed by atoms with Crippen LogP contribution in [0.15, 0.2) is 22.3 Å². The molecule has 0 unspecified atom stereocenters. The van der Waals surface area contributed by atoms with Gasteiger partial charge in [-0.25, -0.2) is 0 Å². The van der Waals surface area contributed by atoms with Crippen LogP contribution in [0.5, 0.6) is 0 Å². The monoisotopic (exact) mass is 371 g/mol.